The molecule has 2 N–H and O–H groups in total. The van der Waals surface area contributed by atoms with Crippen LogP contribution < -0.4 is 0 Å². The first-order valence-electron chi connectivity index (χ1n) is 4.95. The number of hydrogen-bond acceptors (Lipinski definition) is 4. The molecule has 1 aromatic carbocycles. The normalized spacial score (nSPS) is 12.1. The van der Waals surface area contributed by atoms with Crippen LogP contribution in [0.3, 0.4) is 0 Å². The summed E-state index contributed by atoms with van der Waals surface area (Å²) in [5.74, 6) is -1.99. The molecule has 0 saturated heterocycles. The molecule has 0 heterocycles. The monoisotopic (exact) mass is 291 g/mol. The van der Waals surface area contributed by atoms with Crippen molar-refractivity contribution in [2.45, 2.75) is 12.5 Å². The van der Waals surface area contributed by atoms with Crippen LogP contribution in [0.2, 0.25) is 10.0 Å². The quantitative estimate of drug-likeness (QED) is 0.504. The number of halogens is 2. The minimum Gasteiger partial charge on any atom is -0.388 e. The van der Waals surface area contributed by atoms with E-state index in [1.807, 2.05) is 0 Å². The molecule has 0 fully saturated rings. The predicted octanol–water partition coefficient (Wildman–Crippen LogP) is 1.83. The maximum atomic E-state index is 11.3. The molecule has 0 aromatic heterocycles. The van der Waals surface area contributed by atoms with Crippen LogP contribution in [0.5, 0.6) is 0 Å². The van der Waals surface area contributed by atoms with Gasteiger partial charge in [0.25, 0.3) is 0 Å². The van der Waals surface area contributed by atoms with Crippen LogP contribution >= 0.6 is 23.2 Å². The van der Waals surface area contributed by atoms with E-state index in [1.54, 1.807) is 0 Å². The van der Waals surface area contributed by atoms with Crippen LogP contribution in [-0.2, 0) is 9.59 Å². The molecule has 0 radical (unpaired) electrons. The van der Waals surface area contributed by atoms with Crippen LogP contribution in [0.1, 0.15) is 18.1 Å². The van der Waals surface area contributed by atoms with Crippen molar-refractivity contribution in [2.75, 3.05) is 7.05 Å². The van der Waals surface area contributed by atoms with E-state index in [0.29, 0.717) is 10.6 Å². The summed E-state index contributed by atoms with van der Waals surface area (Å²) in [7, 11) is 1.03. The van der Waals surface area contributed by atoms with Gasteiger partial charge in [0.05, 0.1) is 16.1 Å². The lowest BCUT2D eigenvalue weighted by molar-refractivity contribution is -0.166. The Bertz CT molecular complexity index is 476. The second-order valence-electron chi connectivity index (χ2n) is 3.65. The fourth-order valence-electron chi connectivity index (χ4n) is 1.28. The molecule has 1 aromatic rings. The molecule has 0 aliphatic rings. The molecule has 0 aliphatic heterocycles. The Morgan fingerprint density at radius 1 is 1.33 bits per heavy atom. The van der Waals surface area contributed by atoms with Crippen molar-refractivity contribution in [3.05, 3.63) is 33.8 Å². The van der Waals surface area contributed by atoms with Gasteiger partial charge in [0.1, 0.15) is 0 Å². The summed E-state index contributed by atoms with van der Waals surface area (Å²) in [5.41, 5.74) is 0.367. The Labute approximate surface area is 113 Å². The topological polar surface area (TPSA) is 77.8 Å². The van der Waals surface area contributed by atoms with Gasteiger partial charge < -0.3 is 5.11 Å². The van der Waals surface area contributed by atoms with Crippen molar-refractivity contribution in [3.63, 3.8) is 0 Å². The molecule has 0 bridgehead atoms. The molecule has 5 nitrogen and oxygen atoms in total. The first-order chi connectivity index (χ1) is 8.32. The van der Waals surface area contributed by atoms with Crippen molar-refractivity contribution >= 4 is 34.9 Å². The maximum Gasteiger partial charge on any atom is 0.313 e. The van der Waals surface area contributed by atoms with Gasteiger partial charge in [0.2, 0.25) is 5.78 Å². The molecule has 1 atom stereocenters. The molecular weight excluding hydrogens is 281 g/mol. The van der Waals surface area contributed by atoms with Gasteiger partial charge in [0, 0.05) is 13.5 Å². The van der Waals surface area contributed by atoms with Crippen molar-refractivity contribution < 1.29 is 19.9 Å². The summed E-state index contributed by atoms with van der Waals surface area (Å²) >= 11 is 11.5. The highest BCUT2D eigenvalue weighted by molar-refractivity contribution is 6.42. The zero-order valence-electron chi connectivity index (χ0n) is 9.43. The SMILES string of the molecule is CN(O)C(=O)C(=O)CC(O)c1ccc(Cl)c(Cl)c1. The molecule has 98 valence electrons. The number of hydroxylamine groups is 2. The number of Topliss-reactive ketones (excluding diaryl/α,β-unsaturated/α-hetero) is 1. The molecule has 1 amide bonds. The summed E-state index contributed by atoms with van der Waals surface area (Å²) in [4.78, 5) is 22.4. The Balaban J connectivity index is 2.76. The number of amides is 1. The number of aliphatic hydroxyl groups is 1. The Morgan fingerprint density at radius 2 is 1.94 bits per heavy atom. The van der Waals surface area contributed by atoms with Crippen LogP contribution in [0, 0.1) is 0 Å². The third-order valence-electron chi connectivity index (χ3n) is 2.24. The highest BCUT2D eigenvalue weighted by Crippen LogP contribution is 2.26. The van der Waals surface area contributed by atoms with E-state index >= 15 is 0 Å². The largest absolute Gasteiger partial charge is 0.388 e. The molecular formula is C11H11Cl2NO4. The fraction of sp³-hybridized carbons (Fsp3) is 0.273. The molecule has 0 saturated carbocycles. The Hall–Kier alpha value is -1.14. The van der Waals surface area contributed by atoms with Crippen molar-refractivity contribution in [1.29, 1.82) is 0 Å². The first kappa shape index (κ1) is 14.9. The van der Waals surface area contributed by atoms with Gasteiger partial charge in [-0.1, -0.05) is 29.3 Å². The third kappa shape index (κ3) is 3.68. The number of likely N-dealkylation sites (N-methyl/N-ethyl adjacent to an activating group) is 1. The Morgan fingerprint density at radius 3 is 2.44 bits per heavy atom. The van der Waals surface area contributed by atoms with Gasteiger partial charge in [-0.25, -0.2) is 5.06 Å². The average Bonchev–Trinajstić information content (AvgIpc) is 2.31. The number of aliphatic hydroxyl groups excluding tert-OH is 1. The highest BCUT2D eigenvalue weighted by atomic mass is 35.5. The number of nitrogens with zero attached hydrogens (tertiary/aromatic N) is 1. The minimum atomic E-state index is -1.18. The van der Waals surface area contributed by atoms with E-state index in [4.69, 9.17) is 28.4 Å². The Kier molecular flexibility index (Phi) is 5.10. The number of hydrogen-bond donors (Lipinski definition) is 2. The molecule has 0 spiro atoms. The third-order valence-corrected chi connectivity index (χ3v) is 2.98. The van der Waals surface area contributed by atoms with Gasteiger partial charge in [0.15, 0.2) is 0 Å². The predicted molar refractivity (Wildman–Crippen MR) is 65.6 cm³/mol. The fourth-order valence-corrected chi connectivity index (χ4v) is 1.59. The lowest BCUT2D eigenvalue weighted by Gasteiger charge is -2.12. The van der Waals surface area contributed by atoms with E-state index in [0.717, 1.165) is 7.05 Å². The molecule has 1 unspecified atom stereocenters. The first-order valence-corrected chi connectivity index (χ1v) is 5.71. The number of carbonyl (C=O) groups excluding carboxylic acids is 2. The van der Waals surface area contributed by atoms with E-state index in [2.05, 4.69) is 0 Å². The van der Waals surface area contributed by atoms with Crippen molar-refractivity contribution in [2.24, 2.45) is 0 Å². The van der Waals surface area contributed by atoms with E-state index in [-0.39, 0.29) is 10.1 Å². The zero-order chi connectivity index (χ0) is 13.9. The summed E-state index contributed by atoms with van der Waals surface area (Å²) in [5, 5.41) is 19.3. The van der Waals surface area contributed by atoms with Crippen molar-refractivity contribution in [3.8, 4) is 0 Å². The highest BCUT2D eigenvalue weighted by Gasteiger charge is 2.22. The van der Waals surface area contributed by atoms with Gasteiger partial charge in [-0.2, -0.15) is 0 Å². The number of ketones is 1. The second-order valence-corrected chi connectivity index (χ2v) is 4.46. The second kappa shape index (κ2) is 6.15. The zero-order valence-corrected chi connectivity index (χ0v) is 10.9. The molecule has 18 heavy (non-hydrogen) atoms. The van der Waals surface area contributed by atoms with Gasteiger partial charge in [-0.05, 0) is 17.7 Å². The van der Waals surface area contributed by atoms with Gasteiger partial charge in [-0.3, -0.25) is 14.8 Å². The van der Waals surface area contributed by atoms with Gasteiger partial charge >= 0.3 is 5.91 Å². The van der Waals surface area contributed by atoms with Gasteiger partial charge in [-0.15, -0.1) is 0 Å². The van der Waals surface area contributed by atoms with E-state index in [1.165, 1.54) is 18.2 Å². The lowest BCUT2D eigenvalue weighted by atomic mass is 10.0. The van der Waals surface area contributed by atoms with E-state index in [9.17, 15) is 14.7 Å². The number of benzene rings is 1. The smallest absolute Gasteiger partial charge is 0.313 e. The summed E-state index contributed by atoms with van der Waals surface area (Å²) in [6, 6.07) is 4.39. The summed E-state index contributed by atoms with van der Waals surface area (Å²) < 4.78 is 0. The van der Waals surface area contributed by atoms with Crippen LogP contribution in [0.4, 0.5) is 0 Å². The number of rotatable bonds is 4. The van der Waals surface area contributed by atoms with Crippen LogP contribution in [0.15, 0.2) is 18.2 Å². The standard InChI is InChI=1S/C11H11Cl2NO4/c1-14(18)11(17)10(16)5-9(15)6-2-3-7(12)8(13)4-6/h2-4,9,15,18H,5H2,1H3. The lowest BCUT2D eigenvalue weighted by Crippen LogP contribution is -2.31. The number of carbonyl (C=O) groups is 2. The maximum absolute atomic E-state index is 11.3. The minimum absolute atomic E-state index is 0.171. The molecule has 7 heteroatoms. The molecule has 0 aliphatic carbocycles. The van der Waals surface area contributed by atoms with Crippen molar-refractivity contribution in [1.82, 2.24) is 5.06 Å². The van der Waals surface area contributed by atoms with Crippen LogP contribution in [0.25, 0.3) is 0 Å². The van der Waals surface area contributed by atoms with Crippen LogP contribution in [-0.4, -0.2) is 34.1 Å². The summed E-state index contributed by atoms with van der Waals surface area (Å²) in [6.07, 6.45) is -1.63. The molecule has 1 rings (SSSR count). The average molecular weight is 292 g/mol. The van der Waals surface area contributed by atoms with E-state index < -0.39 is 24.2 Å². The summed E-state index contributed by atoms with van der Waals surface area (Å²) in [6.45, 7) is 0.